The van der Waals surface area contributed by atoms with E-state index in [-0.39, 0.29) is 5.54 Å². The molecule has 1 spiro atoms. The summed E-state index contributed by atoms with van der Waals surface area (Å²) < 4.78 is 25.6. The molecule has 1 heterocycles. The van der Waals surface area contributed by atoms with Gasteiger partial charge in [-0.3, -0.25) is 0 Å². The molecule has 1 saturated heterocycles. The maximum absolute atomic E-state index is 12.0. The van der Waals surface area contributed by atoms with Crippen LogP contribution in [0, 0.1) is 0 Å². The minimum Gasteiger partial charge on any atom is -0.310 e. The first kappa shape index (κ1) is 11.4. The molecule has 0 aromatic rings. The summed E-state index contributed by atoms with van der Waals surface area (Å²) in [4.78, 5) is 0. The Hall–Kier alpha value is -0.130. The quantitative estimate of drug-likeness (QED) is 0.773. The first-order chi connectivity index (χ1) is 7.08. The molecule has 0 radical (unpaired) electrons. The lowest BCUT2D eigenvalue weighted by atomic mass is 10.3. The maximum Gasteiger partial charge on any atom is 0.214 e. The maximum atomic E-state index is 12.0. The van der Waals surface area contributed by atoms with Gasteiger partial charge in [0.05, 0.1) is 5.75 Å². The molecule has 0 amide bonds. The molecular weight excluding hydrogens is 212 g/mol. The van der Waals surface area contributed by atoms with Gasteiger partial charge in [0.1, 0.15) is 0 Å². The minimum atomic E-state index is -2.99. The van der Waals surface area contributed by atoms with Crippen LogP contribution in [0.5, 0.6) is 0 Å². The summed E-state index contributed by atoms with van der Waals surface area (Å²) in [6.07, 6.45) is 3.90. The van der Waals surface area contributed by atoms with Gasteiger partial charge in [0.15, 0.2) is 0 Å². The Labute approximate surface area is 92.1 Å². The van der Waals surface area contributed by atoms with Crippen LogP contribution in [0.2, 0.25) is 0 Å². The number of nitrogens with one attached hydrogen (secondary N) is 1. The minimum absolute atomic E-state index is 0.136. The van der Waals surface area contributed by atoms with Crippen LogP contribution in [0.1, 0.15) is 32.6 Å². The van der Waals surface area contributed by atoms with Crippen LogP contribution in [-0.2, 0) is 10.0 Å². The third-order valence-corrected chi connectivity index (χ3v) is 5.29. The Morgan fingerprint density at radius 1 is 1.40 bits per heavy atom. The summed E-state index contributed by atoms with van der Waals surface area (Å²) >= 11 is 0. The van der Waals surface area contributed by atoms with Gasteiger partial charge in [-0.15, -0.1) is 0 Å². The van der Waals surface area contributed by atoms with Gasteiger partial charge >= 0.3 is 0 Å². The summed E-state index contributed by atoms with van der Waals surface area (Å²) in [5, 5.41) is 3.47. The zero-order chi connectivity index (χ0) is 10.9. The molecule has 1 N–H and O–H groups in total. The van der Waals surface area contributed by atoms with Crippen molar-refractivity contribution in [3.05, 3.63) is 0 Å². The van der Waals surface area contributed by atoms with Crippen LogP contribution >= 0.6 is 0 Å². The van der Waals surface area contributed by atoms with Crippen molar-refractivity contribution in [3.8, 4) is 0 Å². The van der Waals surface area contributed by atoms with E-state index in [1.54, 1.807) is 4.31 Å². The third kappa shape index (κ3) is 2.52. The van der Waals surface area contributed by atoms with E-state index in [2.05, 4.69) is 5.32 Å². The Morgan fingerprint density at radius 3 is 2.73 bits per heavy atom. The molecular formula is C10H20N2O2S. The first-order valence-corrected chi connectivity index (χ1v) is 7.42. The standard InChI is InChI=1S/C10H20N2O2S/c1-2-8-15(13,14)12-7-3-6-11-10(9-12)4-5-10/h11H,2-9H2,1H3. The average Bonchev–Trinajstić information content (AvgIpc) is 2.94. The van der Waals surface area contributed by atoms with Crippen LogP contribution in [0.3, 0.4) is 0 Å². The van der Waals surface area contributed by atoms with Crippen LogP contribution in [0.4, 0.5) is 0 Å². The monoisotopic (exact) mass is 232 g/mol. The first-order valence-electron chi connectivity index (χ1n) is 5.81. The fraction of sp³-hybridized carbons (Fsp3) is 1.00. The van der Waals surface area contributed by atoms with E-state index in [0.29, 0.717) is 25.3 Å². The van der Waals surface area contributed by atoms with E-state index in [0.717, 1.165) is 25.8 Å². The largest absolute Gasteiger partial charge is 0.310 e. The zero-order valence-corrected chi connectivity index (χ0v) is 10.1. The molecule has 1 saturated carbocycles. The molecule has 88 valence electrons. The van der Waals surface area contributed by atoms with Crippen molar-refractivity contribution in [1.29, 1.82) is 0 Å². The lowest BCUT2D eigenvalue weighted by Gasteiger charge is -2.23. The van der Waals surface area contributed by atoms with E-state index in [4.69, 9.17) is 0 Å². The zero-order valence-electron chi connectivity index (χ0n) is 9.33. The van der Waals surface area contributed by atoms with E-state index < -0.39 is 10.0 Å². The number of hydrogen-bond donors (Lipinski definition) is 1. The Bertz CT molecular complexity index is 322. The summed E-state index contributed by atoms with van der Waals surface area (Å²) in [5.74, 6) is 0.295. The van der Waals surface area contributed by atoms with Gasteiger partial charge in [0.2, 0.25) is 10.0 Å². The molecule has 0 aromatic carbocycles. The highest BCUT2D eigenvalue weighted by atomic mass is 32.2. The number of rotatable bonds is 3. The summed E-state index contributed by atoms with van der Waals surface area (Å²) in [7, 11) is -2.99. The summed E-state index contributed by atoms with van der Waals surface area (Å²) in [6.45, 7) is 4.26. The van der Waals surface area contributed by atoms with Crippen molar-refractivity contribution in [3.63, 3.8) is 0 Å². The fourth-order valence-corrected chi connectivity index (χ4v) is 3.82. The van der Waals surface area contributed by atoms with Crippen LogP contribution < -0.4 is 5.32 Å². The van der Waals surface area contributed by atoms with Crippen LogP contribution in [0.15, 0.2) is 0 Å². The topological polar surface area (TPSA) is 49.4 Å². The molecule has 0 unspecified atom stereocenters. The van der Waals surface area contributed by atoms with Gasteiger partial charge in [0.25, 0.3) is 0 Å². The molecule has 4 nitrogen and oxygen atoms in total. The van der Waals surface area contributed by atoms with Gasteiger partial charge in [0, 0.05) is 18.6 Å². The molecule has 0 atom stereocenters. The Balaban J connectivity index is 2.07. The van der Waals surface area contributed by atoms with Crippen molar-refractivity contribution in [2.45, 2.75) is 38.1 Å². The van der Waals surface area contributed by atoms with E-state index in [1.807, 2.05) is 6.92 Å². The van der Waals surface area contributed by atoms with Crippen LogP contribution in [-0.4, -0.2) is 43.6 Å². The second kappa shape index (κ2) is 4.03. The summed E-state index contributed by atoms with van der Waals surface area (Å²) in [5.41, 5.74) is 0.136. The lowest BCUT2D eigenvalue weighted by molar-refractivity contribution is 0.383. The predicted octanol–water partition coefficient (Wildman–Crippen LogP) is 0.554. The fourth-order valence-electron chi connectivity index (χ4n) is 2.19. The predicted molar refractivity (Wildman–Crippen MR) is 60.2 cm³/mol. The van der Waals surface area contributed by atoms with Crippen molar-refractivity contribution < 1.29 is 8.42 Å². The van der Waals surface area contributed by atoms with Gasteiger partial charge in [-0.05, 0) is 32.2 Å². The van der Waals surface area contributed by atoms with E-state index >= 15 is 0 Å². The van der Waals surface area contributed by atoms with Gasteiger partial charge in [-0.1, -0.05) is 6.92 Å². The SMILES string of the molecule is CCCS(=O)(=O)N1CCCNC2(CC2)C1. The Morgan fingerprint density at radius 2 is 2.13 bits per heavy atom. The van der Waals surface area contributed by atoms with E-state index in [9.17, 15) is 8.42 Å². The molecule has 0 aromatic heterocycles. The van der Waals surface area contributed by atoms with Crippen molar-refractivity contribution in [1.82, 2.24) is 9.62 Å². The molecule has 2 fully saturated rings. The van der Waals surface area contributed by atoms with Gasteiger partial charge in [-0.25, -0.2) is 12.7 Å². The highest BCUT2D eigenvalue weighted by Gasteiger charge is 2.46. The second-order valence-electron chi connectivity index (χ2n) is 4.71. The molecule has 0 bridgehead atoms. The smallest absolute Gasteiger partial charge is 0.214 e. The normalized spacial score (nSPS) is 26.5. The van der Waals surface area contributed by atoms with Crippen molar-refractivity contribution in [2.75, 3.05) is 25.4 Å². The molecule has 2 aliphatic rings. The number of sulfonamides is 1. The Kier molecular flexibility index (Phi) is 3.05. The second-order valence-corrected chi connectivity index (χ2v) is 6.80. The molecule has 15 heavy (non-hydrogen) atoms. The van der Waals surface area contributed by atoms with Gasteiger partial charge in [-0.2, -0.15) is 0 Å². The molecule has 2 rings (SSSR count). The van der Waals surface area contributed by atoms with Crippen molar-refractivity contribution in [2.24, 2.45) is 0 Å². The highest BCUT2D eigenvalue weighted by Crippen LogP contribution is 2.37. The highest BCUT2D eigenvalue weighted by molar-refractivity contribution is 7.89. The van der Waals surface area contributed by atoms with E-state index in [1.165, 1.54) is 0 Å². The number of hydrogen-bond acceptors (Lipinski definition) is 3. The molecule has 5 heteroatoms. The third-order valence-electron chi connectivity index (χ3n) is 3.27. The van der Waals surface area contributed by atoms with Gasteiger partial charge < -0.3 is 5.32 Å². The number of nitrogens with zero attached hydrogens (tertiary/aromatic N) is 1. The molecule has 1 aliphatic heterocycles. The molecule has 1 aliphatic carbocycles. The average molecular weight is 232 g/mol. The van der Waals surface area contributed by atoms with Crippen molar-refractivity contribution >= 4 is 10.0 Å². The summed E-state index contributed by atoms with van der Waals surface area (Å²) in [6, 6.07) is 0. The lowest BCUT2D eigenvalue weighted by Crippen LogP contribution is -2.43. The van der Waals surface area contributed by atoms with Crippen LogP contribution in [0.25, 0.3) is 0 Å².